The Morgan fingerprint density at radius 2 is 2.00 bits per heavy atom. The van der Waals surface area contributed by atoms with Crippen LogP contribution >= 0.6 is 11.8 Å². The fraction of sp³-hybridized carbons (Fsp3) is 0.0714. The highest BCUT2D eigenvalue weighted by molar-refractivity contribution is 7.99. The smallest absolute Gasteiger partial charge is 0.269 e. The molecule has 24 heavy (non-hydrogen) atoms. The van der Waals surface area contributed by atoms with E-state index in [4.69, 9.17) is 0 Å². The van der Waals surface area contributed by atoms with Crippen LogP contribution in [0.3, 0.4) is 0 Å². The van der Waals surface area contributed by atoms with Crippen molar-refractivity contribution in [2.75, 3.05) is 5.75 Å². The first-order valence-electron chi connectivity index (χ1n) is 6.77. The van der Waals surface area contributed by atoms with Crippen LogP contribution in [0.25, 0.3) is 5.78 Å². The number of rotatable bonds is 4. The van der Waals surface area contributed by atoms with E-state index in [1.165, 1.54) is 16.6 Å². The SMILES string of the molecule is O=C(CSc1nc2ncccn2n1)NNC(=O)c1ccc(F)cc1. The number of halogens is 1. The minimum Gasteiger partial charge on any atom is -0.272 e. The molecule has 2 amide bonds. The minimum absolute atomic E-state index is 0.0145. The van der Waals surface area contributed by atoms with E-state index in [-0.39, 0.29) is 11.3 Å². The average Bonchev–Trinajstić information content (AvgIpc) is 3.01. The Morgan fingerprint density at radius 3 is 2.75 bits per heavy atom. The molecule has 122 valence electrons. The maximum Gasteiger partial charge on any atom is 0.269 e. The van der Waals surface area contributed by atoms with Crippen molar-refractivity contribution in [2.45, 2.75) is 5.16 Å². The molecule has 0 unspecified atom stereocenters. The van der Waals surface area contributed by atoms with Crippen molar-refractivity contribution in [2.24, 2.45) is 0 Å². The van der Waals surface area contributed by atoms with E-state index in [9.17, 15) is 14.0 Å². The van der Waals surface area contributed by atoms with Gasteiger partial charge in [0.2, 0.25) is 11.1 Å². The van der Waals surface area contributed by atoms with Gasteiger partial charge < -0.3 is 0 Å². The van der Waals surface area contributed by atoms with Crippen LogP contribution in [-0.2, 0) is 4.79 Å². The average molecular weight is 346 g/mol. The summed E-state index contributed by atoms with van der Waals surface area (Å²) in [4.78, 5) is 31.7. The molecule has 2 N–H and O–H groups in total. The number of aromatic nitrogens is 4. The predicted octanol–water partition coefficient (Wildman–Crippen LogP) is 0.817. The Hall–Kier alpha value is -3.01. The zero-order valence-electron chi connectivity index (χ0n) is 12.1. The van der Waals surface area contributed by atoms with Crippen LogP contribution in [0.15, 0.2) is 47.9 Å². The second kappa shape index (κ2) is 7.04. The predicted molar refractivity (Wildman–Crippen MR) is 83.5 cm³/mol. The Kier molecular flexibility index (Phi) is 4.66. The second-order valence-corrected chi connectivity index (χ2v) is 5.50. The Bertz CT molecular complexity index is 849. The Labute approximate surface area is 139 Å². The minimum atomic E-state index is -0.539. The van der Waals surface area contributed by atoms with Gasteiger partial charge in [-0.15, -0.1) is 5.10 Å². The van der Waals surface area contributed by atoms with Gasteiger partial charge in [0.05, 0.1) is 5.75 Å². The molecule has 1 aromatic carbocycles. The quantitative estimate of drug-likeness (QED) is 0.536. The zero-order chi connectivity index (χ0) is 16.9. The van der Waals surface area contributed by atoms with Crippen molar-refractivity contribution in [3.05, 3.63) is 54.1 Å². The summed E-state index contributed by atoms with van der Waals surface area (Å²) in [6.07, 6.45) is 3.29. The molecular formula is C14H11FN6O2S. The van der Waals surface area contributed by atoms with Gasteiger partial charge in [0, 0.05) is 18.0 Å². The normalized spacial score (nSPS) is 10.5. The summed E-state index contributed by atoms with van der Waals surface area (Å²) in [5.41, 5.74) is 4.75. The molecule has 0 spiro atoms. The van der Waals surface area contributed by atoms with Crippen molar-refractivity contribution in [3.63, 3.8) is 0 Å². The first kappa shape index (κ1) is 15.9. The van der Waals surface area contributed by atoms with Crippen LogP contribution in [0.5, 0.6) is 0 Å². The third-order valence-electron chi connectivity index (χ3n) is 2.85. The van der Waals surface area contributed by atoms with Crippen molar-refractivity contribution >= 4 is 29.4 Å². The topological polar surface area (TPSA) is 101 Å². The number of hydrogen-bond donors (Lipinski definition) is 2. The van der Waals surface area contributed by atoms with E-state index in [1.54, 1.807) is 18.5 Å². The van der Waals surface area contributed by atoms with Crippen LogP contribution in [0.1, 0.15) is 10.4 Å². The number of nitrogens with one attached hydrogen (secondary N) is 2. The Balaban J connectivity index is 1.48. The molecule has 0 atom stereocenters. The van der Waals surface area contributed by atoms with Gasteiger partial charge in [-0.1, -0.05) is 11.8 Å². The van der Waals surface area contributed by atoms with E-state index in [0.29, 0.717) is 10.9 Å². The van der Waals surface area contributed by atoms with E-state index in [1.807, 2.05) is 0 Å². The zero-order valence-corrected chi connectivity index (χ0v) is 13.0. The van der Waals surface area contributed by atoms with Gasteiger partial charge in [-0.3, -0.25) is 20.4 Å². The molecule has 3 aromatic rings. The van der Waals surface area contributed by atoms with Gasteiger partial charge in [0.1, 0.15) is 5.82 Å². The third-order valence-corrected chi connectivity index (χ3v) is 3.69. The summed E-state index contributed by atoms with van der Waals surface area (Å²) in [6.45, 7) is 0. The first-order chi connectivity index (χ1) is 11.6. The molecule has 0 aliphatic heterocycles. The fourth-order valence-corrected chi connectivity index (χ4v) is 2.37. The number of thioether (sulfide) groups is 1. The highest BCUT2D eigenvalue weighted by Crippen LogP contribution is 2.12. The Morgan fingerprint density at radius 1 is 1.21 bits per heavy atom. The molecule has 0 fully saturated rings. The molecule has 0 saturated heterocycles. The van der Waals surface area contributed by atoms with Gasteiger partial charge in [0.15, 0.2) is 0 Å². The number of nitrogens with zero attached hydrogens (tertiary/aromatic N) is 4. The molecule has 0 saturated carbocycles. The van der Waals surface area contributed by atoms with Crippen LogP contribution in [-0.4, -0.2) is 37.1 Å². The molecule has 2 aromatic heterocycles. The number of hydrazine groups is 1. The van der Waals surface area contributed by atoms with E-state index in [0.717, 1.165) is 23.9 Å². The number of fused-ring (bicyclic) bond motifs is 1. The number of carbonyl (C=O) groups excluding carboxylic acids is 2. The summed E-state index contributed by atoms with van der Waals surface area (Å²) in [5.74, 6) is -0.960. The fourth-order valence-electron chi connectivity index (χ4n) is 1.74. The summed E-state index contributed by atoms with van der Waals surface area (Å²) in [6, 6.07) is 6.68. The van der Waals surface area contributed by atoms with Crippen LogP contribution in [0.4, 0.5) is 4.39 Å². The van der Waals surface area contributed by atoms with Gasteiger partial charge in [-0.2, -0.15) is 4.98 Å². The van der Waals surface area contributed by atoms with Gasteiger partial charge in [-0.05, 0) is 30.3 Å². The van der Waals surface area contributed by atoms with E-state index >= 15 is 0 Å². The molecular weight excluding hydrogens is 335 g/mol. The number of amides is 2. The van der Waals surface area contributed by atoms with E-state index < -0.39 is 17.6 Å². The monoisotopic (exact) mass is 346 g/mol. The highest BCUT2D eigenvalue weighted by Gasteiger charge is 2.10. The summed E-state index contributed by atoms with van der Waals surface area (Å²) in [7, 11) is 0. The first-order valence-corrected chi connectivity index (χ1v) is 7.75. The van der Waals surface area contributed by atoms with Gasteiger partial charge in [0.25, 0.3) is 11.7 Å². The molecule has 3 rings (SSSR count). The van der Waals surface area contributed by atoms with Crippen molar-refractivity contribution < 1.29 is 14.0 Å². The number of benzene rings is 1. The van der Waals surface area contributed by atoms with E-state index in [2.05, 4.69) is 25.9 Å². The lowest BCUT2D eigenvalue weighted by molar-refractivity contribution is -0.119. The van der Waals surface area contributed by atoms with Crippen molar-refractivity contribution in [1.82, 2.24) is 30.4 Å². The maximum absolute atomic E-state index is 12.8. The van der Waals surface area contributed by atoms with Gasteiger partial charge in [-0.25, -0.2) is 13.9 Å². The largest absolute Gasteiger partial charge is 0.272 e. The molecule has 0 aliphatic rings. The molecule has 8 nitrogen and oxygen atoms in total. The number of carbonyl (C=O) groups is 2. The molecule has 0 radical (unpaired) electrons. The lowest BCUT2D eigenvalue weighted by Crippen LogP contribution is -2.42. The maximum atomic E-state index is 12.8. The summed E-state index contributed by atoms with van der Waals surface area (Å²) >= 11 is 1.11. The van der Waals surface area contributed by atoms with Crippen molar-refractivity contribution in [1.29, 1.82) is 0 Å². The third kappa shape index (κ3) is 3.84. The van der Waals surface area contributed by atoms with Gasteiger partial charge >= 0.3 is 0 Å². The molecule has 2 heterocycles. The molecule has 0 aliphatic carbocycles. The summed E-state index contributed by atoms with van der Waals surface area (Å²) in [5, 5.41) is 4.54. The van der Waals surface area contributed by atoms with Crippen molar-refractivity contribution in [3.8, 4) is 0 Å². The molecule has 0 bridgehead atoms. The summed E-state index contributed by atoms with van der Waals surface area (Å²) < 4.78 is 14.3. The molecule has 10 heteroatoms. The lowest BCUT2D eigenvalue weighted by Gasteiger charge is -2.06. The van der Waals surface area contributed by atoms with Crippen LogP contribution in [0.2, 0.25) is 0 Å². The standard InChI is InChI=1S/C14H11FN6O2S/c15-10-4-2-9(3-5-10)12(23)19-18-11(22)8-24-14-17-13-16-6-1-7-21(13)20-14/h1-7H,8H2,(H,18,22)(H,19,23). The number of hydrogen-bond acceptors (Lipinski definition) is 6. The van der Waals surface area contributed by atoms with Crippen LogP contribution in [0, 0.1) is 5.82 Å². The van der Waals surface area contributed by atoms with Crippen LogP contribution < -0.4 is 10.9 Å². The highest BCUT2D eigenvalue weighted by atomic mass is 32.2. The lowest BCUT2D eigenvalue weighted by atomic mass is 10.2. The second-order valence-electron chi connectivity index (χ2n) is 4.56.